The van der Waals surface area contributed by atoms with Crippen LogP contribution in [-0.2, 0) is 19.0 Å². The molecule has 0 aliphatic heterocycles. The molecule has 0 saturated carbocycles. The number of anilines is 1. The van der Waals surface area contributed by atoms with Gasteiger partial charge in [0.1, 0.15) is 27.1 Å². The zero-order valence-corrected chi connectivity index (χ0v) is 17.7. The molecule has 1 aromatic heterocycles. The average Bonchev–Trinajstić information content (AvgIpc) is 3.02. The van der Waals surface area contributed by atoms with Gasteiger partial charge in [0.05, 0.1) is 18.8 Å². The predicted molar refractivity (Wildman–Crippen MR) is 106 cm³/mol. The fraction of sp³-hybridized carbons (Fsp3) is 0.300. The lowest BCUT2D eigenvalue weighted by molar-refractivity contribution is -0.119. The lowest BCUT2D eigenvalue weighted by atomic mass is 10.1. The smallest absolute Gasteiger partial charge is 0.348 e. The molecule has 1 N–H and O–H groups in total. The van der Waals surface area contributed by atoms with E-state index in [0.29, 0.717) is 0 Å². The lowest BCUT2D eigenvalue weighted by Gasteiger charge is -2.08. The molecule has 2 aromatic rings. The van der Waals surface area contributed by atoms with E-state index < -0.39 is 47.6 Å². The van der Waals surface area contributed by atoms with Gasteiger partial charge in [0, 0.05) is 0 Å². The molecule has 0 aliphatic carbocycles. The summed E-state index contributed by atoms with van der Waals surface area (Å²) in [6, 6.07) is 2.82. The molecular formula is C20H19F2NO7S. The summed E-state index contributed by atoms with van der Waals surface area (Å²) in [5.41, 5.74) is -0.726. The van der Waals surface area contributed by atoms with Gasteiger partial charge >= 0.3 is 17.9 Å². The van der Waals surface area contributed by atoms with Gasteiger partial charge in [0.2, 0.25) is 0 Å². The summed E-state index contributed by atoms with van der Waals surface area (Å²) in [7, 11) is 0. The van der Waals surface area contributed by atoms with Crippen molar-refractivity contribution in [3.8, 4) is 0 Å². The number of carbonyl (C=O) groups is 4. The number of nitrogens with one attached hydrogen (secondary N) is 1. The first-order valence-corrected chi connectivity index (χ1v) is 9.91. The number of thiophene rings is 1. The second-order valence-electron chi connectivity index (χ2n) is 5.92. The molecule has 31 heavy (non-hydrogen) atoms. The first kappa shape index (κ1) is 23.9. The van der Waals surface area contributed by atoms with Crippen LogP contribution in [0.5, 0.6) is 0 Å². The van der Waals surface area contributed by atoms with Gasteiger partial charge in [-0.3, -0.25) is 4.79 Å². The van der Waals surface area contributed by atoms with Gasteiger partial charge < -0.3 is 19.5 Å². The van der Waals surface area contributed by atoms with Crippen LogP contribution in [0, 0.1) is 18.6 Å². The fourth-order valence-corrected chi connectivity index (χ4v) is 3.61. The van der Waals surface area contributed by atoms with Gasteiger partial charge in [-0.1, -0.05) is 6.07 Å². The van der Waals surface area contributed by atoms with Crippen molar-refractivity contribution in [1.29, 1.82) is 0 Å². The van der Waals surface area contributed by atoms with Crippen LogP contribution >= 0.6 is 11.3 Å². The Bertz CT molecular complexity index is 999. The predicted octanol–water partition coefficient (Wildman–Crippen LogP) is 3.48. The number of rotatable bonds is 8. The van der Waals surface area contributed by atoms with E-state index in [0.717, 1.165) is 29.5 Å². The molecule has 2 rings (SSSR count). The maximum atomic E-state index is 13.6. The van der Waals surface area contributed by atoms with E-state index in [1.165, 1.54) is 6.92 Å². The number of benzene rings is 1. The van der Waals surface area contributed by atoms with E-state index in [1.807, 2.05) is 0 Å². The Kier molecular flexibility index (Phi) is 8.20. The summed E-state index contributed by atoms with van der Waals surface area (Å²) in [6.07, 6.45) is 0. The summed E-state index contributed by atoms with van der Waals surface area (Å²) in [6.45, 7) is 3.97. The summed E-state index contributed by atoms with van der Waals surface area (Å²) >= 11 is 0.784. The van der Waals surface area contributed by atoms with Gasteiger partial charge in [-0.05, 0) is 38.5 Å². The van der Waals surface area contributed by atoms with E-state index in [1.54, 1.807) is 13.8 Å². The van der Waals surface area contributed by atoms with Gasteiger partial charge in [-0.2, -0.15) is 0 Å². The standard InChI is InChI=1S/C20H19F2NO7S/c1-4-28-18(25)14-10(3)16(20(27)29-5-2)31-17(14)23-13(24)9-30-19(26)15-11(21)7-6-8-12(15)22/h6-8H,4-5,9H2,1-3H3,(H,23,24). The van der Waals surface area contributed by atoms with Crippen LogP contribution in [0.3, 0.4) is 0 Å². The number of amides is 1. The van der Waals surface area contributed by atoms with Crippen molar-refractivity contribution >= 4 is 40.2 Å². The molecule has 0 aliphatic rings. The van der Waals surface area contributed by atoms with Crippen LogP contribution in [0.2, 0.25) is 0 Å². The third-order valence-corrected chi connectivity index (χ3v) is 5.03. The van der Waals surface area contributed by atoms with E-state index in [2.05, 4.69) is 10.1 Å². The number of halogens is 2. The molecule has 11 heteroatoms. The van der Waals surface area contributed by atoms with Gasteiger partial charge in [0.15, 0.2) is 6.61 Å². The lowest BCUT2D eigenvalue weighted by Crippen LogP contribution is -2.22. The highest BCUT2D eigenvalue weighted by Crippen LogP contribution is 2.34. The Morgan fingerprint density at radius 1 is 0.903 bits per heavy atom. The first-order chi connectivity index (χ1) is 14.7. The highest BCUT2D eigenvalue weighted by molar-refractivity contribution is 7.18. The quantitative estimate of drug-likeness (QED) is 0.480. The third-order valence-electron chi connectivity index (χ3n) is 3.84. The maximum Gasteiger partial charge on any atom is 0.348 e. The van der Waals surface area contributed by atoms with Crippen molar-refractivity contribution in [2.45, 2.75) is 20.8 Å². The molecule has 1 aromatic carbocycles. The molecule has 0 radical (unpaired) electrons. The van der Waals surface area contributed by atoms with Crippen molar-refractivity contribution < 1.29 is 42.2 Å². The van der Waals surface area contributed by atoms with Crippen LogP contribution < -0.4 is 5.32 Å². The average molecular weight is 455 g/mol. The van der Waals surface area contributed by atoms with Gasteiger partial charge in [-0.15, -0.1) is 11.3 Å². The largest absolute Gasteiger partial charge is 0.462 e. The Hall–Kier alpha value is -3.34. The molecule has 0 fully saturated rings. The number of esters is 3. The molecule has 1 amide bonds. The summed E-state index contributed by atoms with van der Waals surface area (Å²) in [5.74, 6) is -5.99. The Labute approximate surface area is 180 Å². The second-order valence-corrected chi connectivity index (χ2v) is 6.94. The molecule has 0 unspecified atom stereocenters. The molecule has 166 valence electrons. The van der Waals surface area contributed by atoms with E-state index in [-0.39, 0.29) is 34.2 Å². The monoisotopic (exact) mass is 455 g/mol. The van der Waals surface area contributed by atoms with Gasteiger partial charge in [-0.25, -0.2) is 23.2 Å². The molecule has 0 saturated heterocycles. The Balaban J connectivity index is 2.19. The highest BCUT2D eigenvalue weighted by atomic mass is 32.1. The molecular weight excluding hydrogens is 436 g/mol. The maximum absolute atomic E-state index is 13.6. The fourth-order valence-electron chi connectivity index (χ4n) is 2.50. The minimum absolute atomic E-state index is 0.0166. The number of hydrogen-bond donors (Lipinski definition) is 1. The van der Waals surface area contributed by atoms with Crippen molar-refractivity contribution in [1.82, 2.24) is 0 Å². The van der Waals surface area contributed by atoms with Crippen LogP contribution in [0.25, 0.3) is 0 Å². The second kappa shape index (κ2) is 10.6. The minimum atomic E-state index is -1.37. The van der Waals surface area contributed by atoms with Crippen molar-refractivity contribution in [2.24, 2.45) is 0 Å². The molecule has 8 nitrogen and oxygen atoms in total. The molecule has 0 bridgehead atoms. The first-order valence-electron chi connectivity index (χ1n) is 9.09. The molecule has 0 atom stereocenters. The zero-order chi connectivity index (χ0) is 23.1. The van der Waals surface area contributed by atoms with Crippen molar-refractivity contribution in [3.05, 3.63) is 51.4 Å². The SMILES string of the molecule is CCOC(=O)c1sc(NC(=O)COC(=O)c2c(F)cccc2F)c(C(=O)OCC)c1C. The number of hydrogen-bond acceptors (Lipinski definition) is 8. The van der Waals surface area contributed by atoms with Crippen LogP contribution in [-0.4, -0.2) is 43.6 Å². The molecule has 1 heterocycles. The van der Waals surface area contributed by atoms with Gasteiger partial charge in [0.25, 0.3) is 5.91 Å². The third kappa shape index (κ3) is 5.63. The Morgan fingerprint density at radius 2 is 1.45 bits per heavy atom. The van der Waals surface area contributed by atoms with Crippen molar-refractivity contribution in [2.75, 3.05) is 25.1 Å². The topological polar surface area (TPSA) is 108 Å². The highest BCUT2D eigenvalue weighted by Gasteiger charge is 2.28. The van der Waals surface area contributed by atoms with E-state index in [4.69, 9.17) is 9.47 Å². The normalized spacial score (nSPS) is 10.4. The van der Waals surface area contributed by atoms with Crippen molar-refractivity contribution in [3.63, 3.8) is 0 Å². The van der Waals surface area contributed by atoms with Crippen LogP contribution in [0.1, 0.15) is 49.8 Å². The van der Waals surface area contributed by atoms with E-state index >= 15 is 0 Å². The molecule has 0 spiro atoms. The van der Waals surface area contributed by atoms with Crippen LogP contribution in [0.15, 0.2) is 18.2 Å². The zero-order valence-electron chi connectivity index (χ0n) is 16.9. The summed E-state index contributed by atoms with van der Waals surface area (Å²) in [4.78, 5) is 48.6. The van der Waals surface area contributed by atoms with Crippen LogP contribution in [0.4, 0.5) is 13.8 Å². The number of ether oxygens (including phenoxy) is 3. The van der Waals surface area contributed by atoms with E-state index in [9.17, 15) is 28.0 Å². The minimum Gasteiger partial charge on any atom is -0.462 e. The summed E-state index contributed by atoms with van der Waals surface area (Å²) in [5, 5.41) is 2.33. The number of carbonyl (C=O) groups excluding carboxylic acids is 4. The Morgan fingerprint density at radius 3 is 2.03 bits per heavy atom. The summed E-state index contributed by atoms with van der Waals surface area (Å²) < 4.78 is 41.8.